The summed E-state index contributed by atoms with van der Waals surface area (Å²) in [6, 6.07) is 7.91. The summed E-state index contributed by atoms with van der Waals surface area (Å²) in [4.78, 5) is 26.9. The third-order valence-electron chi connectivity index (χ3n) is 5.49. The van der Waals surface area contributed by atoms with Crippen LogP contribution in [-0.4, -0.2) is 24.0 Å². The number of allylic oxidation sites excluding steroid dienone is 1. The van der Waals surface area contributed by atoms with Gasteiger partial charge in [0.1, 0.15) is 18.2 Å². The van der Waals surface area contributed by atoms with Crippen LogP contribution >= 0.6 is 0 Å². The predicted octanol–water partition coefficient (Wildman–Crippen LogP) is 3.47. The number of benzene rings is 2. The first-order valence-electron chi connectivity index (χ1n) is 10.3. The SMILES string of the molecule is C=C(C)c1c(-n2nc(CO)n(CC)c2=O)n(-c2cc(C)ccc2F)c(=O)c2cc(F)ccc12. The van der Waals surface area contributed by atoms with Crippen LogP contribution in [0.1, 0.15) is 30.8 Å². The van der Waals surface area contributed by atoms with Gasteiger partial charge in [-0.05, 0) is 61.6 Å². The molecule has 0 spiro atoms. The van der Waals surface area contributed by atoms with E-state index in [-0.39, 0.29) is 29.3 Å². The van der Waals surface area contributed by atoms with Crippen LogP contribution in [0.3, 0.4) is 0 Å². The van der Waals surface area contributed by atoms with Crippen molar-refractivity contribution in [3.63, 3.8) is 0 Å². The first-order valence-corrected chi connectivity index (χ1v) is 10.3. The van der Waals surface area contributed by atoms with E-state index in [1.807, 2.05) is 0 Å². The molecule has 0 amide bonds. The van der Waals surface area contributed by atoms with Gasteiger partial charge in [-0.25, -0.2) is 13.6 Å². The second kappa shape index (κ2) is 8.25. The summed E-state index contributed by atoms with van der Waals surface area (Å²) >= 11 is 0. The second-order valence-corrected chi connectivity index (χ2v) is 7.78. The summed E-state index contributed by atoms with van der Waals surface area (Å²) in [5.74, 6) is -1.30. The van der Waals surface area contributed by atoms with Crippen molar-refractivity contribution in [3.8, 4) is 11.5 Å². The fourth-order valence-corrected chi connectivity index (χ4v) is 4.01. The summed E-state index contributed by atoms with van der Waals surface area (Å²) in [6.07, 6.45) is 0. The summed E-state index contributed by atoms with van der Waals surface area (Å²) in [6.45, 7) is 8.80. The minimum atomic E-state index is -0.725. The van der Waals surface area contributed by atoms with E-state index in [0.717, 1.165) is 15.3 Å². The van der Waals surface area contributed by atoms with Crippen molar-refractivity contribution in [2.24, 2.45) is 0 Å². The lowest BCUT2D eigenvalue weighted by Gasteiger charge is -2.20. The van der Waals surface area contributed by atoms with Crippen molar-refractivity contribution in [1.29, 1.82) is 0 Å². The normalized spacial score (nSPS) is 11.3. The molecule has 7 nitrogen and oxygen atoms in total. The number of aliphatic hydroxyl groups is 1. The van der Waals surface area contributed by atoms with Crippen LogP contribution in [0.4, 0.5) is 8.78 Å². The number of nitrogens with zero attached hydrogens (tertiary/aromatic N) is 4. The zero-order valence-corrected chi connectivity index (χ0v) is 18.4. The fraction of sp³-hybridized carbons (Fsp3) is 0.208. The van der Waals surface area contributed by atoms with Crippen LogP contribution in [0.15, 0.2) is 52.6 Å². The largest absolute Gasteiger partial charge is 0.388 e. The maximum atomic E-state index is 15.1. The number of hydrogen-bond acceptors (Lipinski definition) is 4. The Morgan fingerprint density at radius 3 is 2.45 bits per heavy atom. The third kappa shape index (κ3) is 3.50. The Morgan fingerprint density at radius 2 is 1.85 bits per heavy atom. The third-order valence-corrected chi connectivity index (χ3v) is 5.49. The molecule has 0 radical (unpaired) electrons. The van der Waals surface area contributed by atoms with Crippen LogP contribution in [0, 0.1) is 18.6 Å². The minimum absolute atomic E-state index is 0.00279. The summed E-state index contributed by atoms with van der Waals surface area (Å²) in [5.41, 5.74) is -0.0101. The molecule has 33 heavy (non-hydrogen) atoms. The van der Waals surface area contributed by atoms with E-state index in [1.165, 1.54) is 28.8 Å². The van der Waals surface area contributed by atoms with E-state index < -0.39 is 29.5 Å². The molecule has 0 bridgehead atoms. The first kappa shape index (κ1) is 22.3. The first-order chi connectivity index (χ1) is 15.7. The van der Waals surface area contributed by atoms with Gasteiger partial charge < -0.3 is 5.11 Å². The number of aryl methyl sites for hydroxylation is 1. The van der Waals surface area contributed by atoms with Crippen molar-refractivity contribution in [2.75, 3.05) is 0 Å². The Morgan fingerprint density at radius 1 is 1.12 bits per heavy atom. The van der Waals surface area contributed by atoms with Gasteiger partial charge in [-0.2, -0.15) is 4.68 Å². The molecule has 2 heterocycles. The number of rotatable bonds is 5. The smallest absolute Gasteiger partial charge is 0.352 e. The molecular weight excluding hydrogens is 430 g/mol. The molecular formula is C24H22F2N4O3. The molecule has 0 aliphatic heterocycles. The molecule has 0 saturated heterocycles. The molecule has 2 aromatic heterocycles. The Labute approximate surface area is 187 Å². The Balaban J connectivity index is 2.33. The van der Waals surface area contributed by atoms with E-state index in [0.29, 0.717) is 22.1 Å². The van der Waals surface area contributed by atoms with Gasteiger partial charge in [-0.3, -0.25) is 13.9 Å². The zero-order chi connectivity index (χ0) is 24.0. The average Bonchev–Trinajstić information content (AvgIpc) is 3.10. The molecule has 0 saturated carbocycles. The molecule has 0 unspecified atom stereocenters. The second-order valence-electron chi connectivity index (χ2n) is 7.78. The van der Waals surface area contributed by atoms with Crippen LogP contribution < -0.4 is 11.2 Å². The molecule has 2 aromatic carbocycles. The molecule has 4 aromatic rings. The standard InChI is InChI=1S/C24H22F2N4O3/c1-5-28-20(12-31)27-30(24(28)33)22-21(13(2)3)16-8-7-15(25)11-17(16)23(32)29(22)19-10-14(4)6-9-18(19)26/h6-11,31H,2,5,12H2,1,3-4H3. The van der Waals surface area contributed by atoms with Crippen LogP contribution in [0.25, 0.3) is 27.9 Å². The molecule has 9 heteroatoms. The average molecular weight is 452 g/mol. The lowest BCUT2D eigenvalue weighted by molar-refractivity contribution is 0.264. The van der Waals surface area contributed by atoms with Gasteiger partial charge >= 0.3 is 5.69 Å². The van der Waals surface area contributed by atoms with Gasteiger partial charge in [-0.15, -0.1) is 5.10 Å². The summed E-state index contributed by atoms with van der Waals surface area (Å²) in [7, 11) is 0. The van der Waals surface area contributed by atoms with Gasteiger partial charge in [0.2, 0.25) is 0 Å². The number of fused-ring (bicyclic) bond motifs is 1. The van der Waals surface area contributed by atoms with Crippen molar-refractivity contribution < 1.29 is 13.9 Å². The quantitative estimate of drug-likeness (QED) is 0.503. The van der Waals surface area contributed by atoms with E-state index in [2.05, 4.69) is 11.7 Å². The number of aromatic nitrogens is 4. The maximum Gasteiger partial charge on any atom is 0.352 e. The van der Waals surface area contributed by atoms with Gasteiger partial charge in [0.05, 0.1) is 11.1 Å². The maximum absolute atomic E-state index is 15.1. The Bertz CT molecular complexity index is 1550. The number of halogens is 2. The fourth-order valence-electron chi connectivity index (χ4n) is 4.01. The van der Waals surface area contributed by atoms with Gasteiger partial charge in [0, 0.05) is 12.1 Å². The molecule has 0 fully saturated rings. The highest BCUT2D eigenvalue weighted by Crippen LogP contribution is 2.31. The topological polar surface area (TPSA) is 82.0 Å². The molecule has 1 N–H and O–H groups in total. The highest BCUT2D eigenvalue weighted by Gasteiger charge is 2.25. The molecule has 0 aliphatic carbocycles. The van der Waals surface area contributed by atoms with Crippen molar-refractivity contribution in [3.05, 3.63) is 92.4 Å². The number of hydrogen-bond donors (Lipinski definition) is 1. The van der Waals surface area contributed by atoms with Crippen molar-refractivity contribution >= 4 is 16.3 Å². The van der Waals surface area contributed by atoms with Crippen LogP contribution in [-0.2, 0) is 13.2 Å². The van der Waals surface area contributed by atoms with E-state index in [1.54, 1.807) is 26.8 Å². The predicted molar refractivity (Wildman–Crippen MR) is 122 cm³/mol. The van der Waals surface area contributed by atoms with E-state index in [9.17, 15) is 19.1 Å². The Hall–Kier alpha value is -3.85. The lowest BCUT2D eigenvalue weighted by atomic mass is 10.0. The van der Waals surface area contributed by atoms with Crippen molar-refractivity contribution in [2.45, 2.75) is 33.9 Å². The summed E-state index contributed by atoms with van der Waals surface area (Å²) in [5, 5.41) is 14.3. The van der Waals surface area contributed by atoms with Crippen LogP contribution in [0.2, 0.25) is 0 Å². The van der Waals surface area contributed by atoms with Gasteiger partial charge in [-0.1, -0.05) is 18.7 Å². The summed E-state index contributed by atoms with van der Waals surface area (Å²) < 4.78 is 32.4. The van der Waals surface area contributed by atoms with Gasteiger partial charge in [0.25, 0.3) is 5.56 Å². The van der Waals surface area contributed by atoms with Gasteiger partial charge in [0.15, 0.2) is 11.6 Å². The van der Waals surface area contributed by atoms with Crippen molar-refractivity contribution in [1.82, 2.24) is 18.9 Å². The molecule has 0 aliphatic rings. The Kier molecular flexibility index (Phi) is 5.59. The monoisotopic (exact) mass is 452 g/mol. The van der Waals surface area contributed by atoms with Crippen LogP contribution in [0.5, 0.6) is 0 Å². The van der Waals surface area contributed by atoms with E-state index in [4.69, 9.17) is 0 Å². The minimum Gasteiger partial charge on any atom is -0.388 e. The lowest BCUT2D eigenvalue weighted by Crippen LogP contribution is -2.32. The number of pyridine rings is 1. The van der Waals surface area contributed by atoms with E-state index >= 15 is 4.39 Å². The highest BCUT2D eigenvalue weighted by atomic mass is 19.1. The number of aliphatic hydroxyl groups excluding tert-OH is 1. The molecule has 0 atom stereocenters. The molecule has 4 rings (SSSR count). The molecule has 170 valence electrons. The highest BCUT2D eigenvalue weighted by molar-refractivity contribution is 5.95. The zero-order valence-electron chi connectivity index (χ0n) is 18.4.